The fraction of sp³-hybridized carbons (Fsp3) is 0.250. The first kappa shape index (κ1) is 33.8. The van der Waals surface area contributed by atoms with Crippen LogP contribution in [0.25, 0.3) is 46.3 Å². The number of nitrogens with zero attached hydrogens (tertiary/aromatic N) is 5. The molecule has 0 unspecified atom stereocenters. The number of hydrogen-bond donors (Lipinski definition) is 4. The number of anilines is 1. The summed E-state index contributed by atoms with van der Waals surface area (Å²) in [5.41, 5.74) is 7.89. The van der Waals surface area contributed by atoms with E-state index >= 15 is 0 Å². The first-order chi connectivity index (χ1) is 22.0. The van der Waals surface area contributed by atoms with E-state index in [1.54, 1.807) is 18.5 Å². The average molecular weight is 622 g/mol. The Hall–Kier alpha value is -5.06. The number of aromatic amines is 2. The van der Waals surface area contributed by atoms with Gasteiger partial charge in [0.1, 0.15) is 11.5 Å². The van der Waals surface area contributed by atoms with Crippen LogP contribution in [0.3, 0.4) is 0 Å². The second kappa shape index (κ2) is 15.3. The highest BCUT2D eigenvalue weighted by atomic mass is 19.1. The molecule has 0 saturated carbocycles. The number of pyridine rings is 1. The largest absolute Gasteiger partial charge is 0.384 e. The molecular formula is C36H44FN9. The number of hydrogen-bond acceptors (Lipinski definition) is 7. The molecule has 4 rings (SSSR count). The molecule has 0 saturated heterocycles. The van der Waals surface area contributed by atoms with Gasteiger partial charge in [-0.05, 0) is 95.2 Å². The molecule has 0 atom stereocenters. The molecule has 0 radical (unpaired) electrons. The van der Waals surface area contributed by atoms with Gasteiger partial charge in [0.05, 0.1) is 22.6 Å². The zero-order valence-corrected chi connectivity index (χ0v) is 27.6. The summed E-state index contributed by atoms with van der Waals surface area (Å²) in [7, 11) is 7.99. The Morgan fingerprint density at radius 3 is 2.59 bits per heavy atom. The first-order valence-corrected chi connectivity index (χ1v) is 15.0. The van der Waals surface area contributed by atoms with Crippen LogP contribution in [0.4, 0.5) is 10.1 Å². The van der Waals surface area contributed by atoms with Crippen molar-refractivity contribution in [3.05, 3.63) is 107 Å². The van der Waals surface area contributed by atoms with Gasteiger partial charge in [-0.3, -0.25) is 10.1 Å². The lowest BCUT2D eigenvalue weighted by atomic mass is 10.1. The molecule has 0 aliphatic heterocycles. The van der Waals surface area contributed by atoms with Crippen molar-refractivity contribution in [2.75, 3.05) is 53.1 Å². The molecule has 240 valence electrons. The number of benzene rings is 1. The number of nitrogens with one attached hydrogen (secondary N) is 4. The van der Waals surface area contributed by atoms with Gasteiger partial charge in [-0.25, -0.2) is 9.37 Å². The monoisotopic (exact) mass is 621 g/mol. The second-order valence-electron chi connectivity index (χ2n) is 11.6. The van der Waals surface area contributed by atoms with Crippen molar-refractivity contribution >= 4 is 29.4 Å². The van der Waals surface area contributed by atoms with Crippen molar-refractivity contribution in [1.29, 1.82) is 0 Å². The third-order valence-electron chi connectivity index (χ3n) is 7.24. The van der Waals surface area contributed by atoms with E-state index in [0.29, 0.717) is 51.1 Å². The lowest BCUT2D eigenvalue weighted by Crippen LogP contribution is -2.23. The molecule has 3 aromatic heterocycles. The lowest BCUT2D eigenvalue weighted by Gasteiger charge is -2.15. The zero-order valence-electron chi connectivity index (χ0n) is 27.6. The number of likely N-dealkylation sites (N-methyl/N-ethyl adjacent to an activating group) is 2. The maximum absolute atomic E-state index is 14.6. The number of fused-ring (bicyclic) bond motifs is 1. The van der Waals surface area contributed by atoms with Gasteiger partial charge < -0.3 is 25.4 Å². The summed E-state index contributed by atoms with van der Waals surface area (Å²) in [4.78, 5) is 16.7. The Labute approximate surface area is 270 Å². The van der Waals surface area contributed by atoms with Crippen molar-refractivity contribution in [2.24, 2.45) is 0 Å². The fourth-order valence-corrected chi connectivity index (χ4v) is 4.91. The molecule has 0 aliphatic rings. The number of aromatic nitrogens is 5. The number of halogens is 1. The number of rotatable bonds is 14. The maximum atomic E-state index is 14.6. The van der Waals surface area contributed by atoms with E-state index in [1.165, 1.54) is 12.1 Å². The molecule has 0 amide bonds. The predicted molar refractivity (Wildman–Crippen MR) is 190 cm³/mol. The number of imidazole rings is 1. The van der Waals surface area contributed by atoms with Crippen LogP contribution in [-0.4, -0.2) is 82.8 Å². The molecule has 0 bridgehead atoms. The Morgan fingerprint density at radius 1 is 1.11 bits per heavy atom. The standard InChI is InChI=1S/C36H44FN9/c1-10-26(17-29(11-2)40-24(4)22-46(8)9)23(3)12-13-32-25(5)34(44-43-32)36-41-33-21-38-20-31(35(33)42-36)27-16-28(37)19-30(18-27)39-14-15-45(6)7/h10-13,16-21,39-40,43H,2,4-5,14-15,22H2,1,3,6-9H3,(H,41,42)/b23-12+,26-10+,29-17+,32-13+. The number of H-pyrrole nitrogens is 2. The zero-order chi connectivity index (χ0) is 33.4. The molecule has 1 aromatic carbocycles. The highest BCUT2D eigenvalue weighted by molar-refractivity contribution is 5.93. The Kier molecular flexibility index (Phi) is 11.2. The van der Waals surface area contributed by atoms with Crippen LogP contribution >= 0.6 is 0 Å². The highest BCUT2D eigenvalue weighted by Gasteiger charge is 2.15. The summed E-state index contributed by atoms with van der Waals surface area (Å²) in [5.74, 6) is 0.208. The van der Waals surface area contributed by atoms with Crippen LogP contribution in [0.2, 0.25) is 0 Å². The summed E-state index contributed by atoms with van der Waals surface area (Å²) >= 11 is 0. The summed E-state index contributed by atoms with van der Waals surface area (Å²) in [6.07, 6.45) is 13.2. The van der Waals surface area contributed by atoms with Crippen molar-refractivity contribution < 1.29 is 4.39 Å². The molecular weight excluding hydrogens is 577 g/mol. The van der Waals surface area contributed by atoms with Crippen LogP contribution in [0.1, 0.15) is 13.8 Å². The van der Waals surface area contributed by atoms with Gasteiger partial charge in [0.2, 0.25) is 0 Å². The van der Waals surface area contributed by atoms with Crippen LogP contribution in [0.15, 0.2) is 90.6 Å². The third kappa shape index (κ3) is 8.56. The lowest BCUT2D eigenvalue weighted by molar-refractivity contribution is 0.425. The minimum atomic E-state index is -0.336. The van der Waals surface area contributed by atoms with Crippen LogP contribution in [0, 0.1) is 5.82 Å². The van der Waals surface area contributed by atoms with Crippen molar-refractivity contribution in [1.82, 2.24) is 40.3 Å². The van der Waals surface area contributed by atoms with Gasteiger partial charge in [-0.15, -0.1) is 0 Å². The molecule has 0 aliphatic carbocycles. The van der Waals surface area contributed by atoms with E-state index in [0.717, 1.165) is 41.0 Å². The van der Waals surface area contributed by atoms with Crippen LogP contribution in [-0.2, 0) is 0 Å². The van der Waals surface area contributed by atoms with Crippen LogP contribution < -0.4 is 21.2 Å². The molecule has 10 heteroatoms. The smallest absolute Gasteiger partial charge is 0.159 e. The molecule has 3 heterocycles. The Bertz CT molecular complexity index is 1920. The summed E-state index contributed by atoms with van der Waals surface area (Å²) in [5, 5.41) is 15.7. The topological polar surface area (TPSA) is 101 Å². The first-order valence-electron chi connectivity index (χ1n) is 15.0. The van der Waals surface area contributed by atoms with E-state index < -0.39 is 0 Å². The SMILES string of the molecule is C=C\C(=C/C(=C\C)C(/C)=C/C=c1/[nH]nc(-c2nc3c(-c4cc(F)cc(NCCN(C)C)c4)cncc3[nH]2)c1=C)NC(=C)CN(C)C. The maximum Gasteiger partial charge on any atom is 0.159 e. The highest BCUT2D eigenvalue weighted by Crippen LogP contribution is 2.30. The molecule has 9 nitrogen and oxygen atoms in total. The molecule has 0 fully saturated rings. The summed E-state index contributed by atoms with van der Waals surface area (Å²) < 4.78 is 14.6. The van der Waals surface area contributed by atoms with E-state index in [1.807, 2.05) is 72.4 Å². The normalized spacial score (nSPS) is 13.2. The molecule has 46 heavy (non-hydrogen) atoms. The van der Waals surface area contributed by atoms with Gasteiger partial charge in [0, 0.05) is 53.7 Å². The van der Waals surface area contributed by atoms with Crippen LogP contribution in [0.5, 0.6) is 0 Å². The second-order valence-corrected chi connectivity index (χ2v) is 11.6. The van der Waals surface area contributed by atoms with Crippen molar-refractivity contribution in [3.63, 3.8) is 0 Å². The van der Waals surface area contributed by atoms with E-state index in [2.05, 4.69) is 60.3 Å². The third-order valence-corrected chi connectivity index (χ3v) is 7.24. The van der Waals surface area contributed by atoms with Gasteiger partial charge in [-0.1, -0.05) is 31.9 Å². The minimum absolute atomic E-state index is 0.336. The average Bonchev–Trinajstić information content (AvgIpc) is 3.59. The van der Waals surface area contributed by atoms with Gasteiger partial charge >= 0.3 is 0 Å². The van der Waals surface area contributed by atoms with E-state index in [4.69, 9.17) is 4.98 Å². The fourth-order valence-electron chi connectivity index (χ4n) is 4.91. The minimum Gasteiger partial charge on any atom is -0.384 e. The number of allylic oxidation sites excluding steroid dienone is 6. The summed E-state index contributed by atoms with van der Waals surface area (Å²) in [6, 6.07) is 4.90. The quantitative estimate of drug-likeness (QED) is 0.148. The molecule has 0 spiro atoms. The van der Waals surface area contributed by atoms with Crippen molar-refractivity contribution in [2.45, 2.75) is 13.8 Å². The molecule has 4 N–H and O–H groups in total. The van der Waals surface area contributed by atoms with Gasteiger partial charge in [0.15, 0.2) is 5.82 Å². The van der Waals surface area contributed by atoms with Gasteiger partial charge in [0.25, 0.3) is 0 Å². The predicted octanol–water partition coefficient (Wildman–Crippen LogP) is 4.95. The molecule has 4 aromatic rings. The Morgan fingerprint density at radius 2 is 1.89 bits per heavy atom. The summed E-state index contributed by atoms with van der Waals surface area (Å²) in [6.45, 7) is 18.6. The van der Waals surface area contributed by atoms with E-state index in [9.17, 15) is 4.39 Å². The Balaban J connectivity index is 1.62. The van der Waals surface area contributed by atoms with Crippen molar-refractivity contribution in [3.8, 4) is 22.6 Å². The van der Waals surface area contributed by atoms with E-state index in [-0.39, 0.29) is 5.82 Å². The van der Waals surface area contributed by atoms with Gasteiger partial charge in [-0.2, -0.15) is 5.10 Å².